The Balaban J connectivity index is 0.000000166. The molecule has 66 heavy (non-hydrogen) atoms. The number of ether oxygens (including phenoxy) is 2. The molecule has 0 saturated heterocycles. The number of pyridine rings is 2. The summed E-state index contributed by atoms with van der Waals surface area (Å²) in [5.41, 5.74) is 9.16. The fourth-order valence-corrected chi connectivity index (χ4v) is 8.70. The summed E-state index contributed by atoms with van der Waals surface area (Å²) in [7, 11) is 3.22. The maximum atomic E-state index is 9.77. The molecule has 8 heterocycles. The number of hydrogen-bond acceptors (Lipinski definition) is 12. The number of fused-ring (bicyclic) bond motifs is 2. The van der Waals surface area contributed by atoms with E-state index < -0.39 is 0 Å². The first-order valence-corrected chi connectivity index (χ1v) is 22.1. The number of aryl methyl sites for hydroxylation is 4. The van der Waals surface area contributed by atoms with Crippen molar-refractivity contribution in [3.05, 3.63) is 166 Å². The molecule has 0 saturated carbocycles. The standard InChI is InChI=1S/2C25H26N6O2/c2*1-17-14-30(16-26-17)22-11-9-19(27-25(22)33-2)10-12-23-28-24-21(8-5-13-31(24)29-23)20-7-4-3-6-18(20)15-32/h2*3-4,6-7,9-12,14,16,21,32H,5,8,13,15H2,1-2H3/b2*12-10+/t2*21-/m10/s1. The second-order valence-corrected chi connectivity index (χ2v) is 16.2. The van der Waals surface area contributed by atoms with Crippen molar-refractivity contribution in [1.82, 2.24) is 58.6 Å². The minimum Gasteiger partial charge on any atom is -0.479 e. The summed E-state index contributed by atoms with van der Waals surface area (Å²) in [4.78, 5) is 27.4. The van der Waals surface area contributed by atoms with Crippen LogP contribution < -0.4 is 9.47 Å². The van der Waals surface area contributed by atoms with E-state index >= 15 is 0 Å². The third-order valence-corrected chi connectivity index (χ3v) is 11.9. The van der Waals surface area contributed by atoms with E-state index in [2.05, 4.69) is 32.1 Å². The number of rotatable bonds is 12. The largest absolute Gasteiger partial charge is 0.479 e. The third-order valence-electron chi connectivity index (χ3n) is 11.9. The molecule has 2 N–H and O–H groups in total. The lowest BCUT2D eigenvalue weighted by atomic mass is 9.88. The van der Waals surface area contributed by atoms with Crippen molar-refractivity contribution in [2.24, 2.45) is 0 Å². The Hall–Kier alpha value is -7.56. The summed E-state index contributed by atoms with van der Waals surface area (Å²) >= 11 is 0. The number of imidazole rings is 2. The van der Waals surface area contributed by atoms with Crippen LogP contribution in [-0.2, 0) is 26.3 Å². The number of hydrogen-bond donors (Lipinski definition) is 2. The summed E-state index contributed by atoms with van der Waals surface area (Å²) in [5, 5.41) is 28.9. The van der Waals surface area contributed by atoms with Gasteiger partial charge in [0.15, 0.2) is 11.6 Å². The van der Waals surface area contributed by atoms with Gasteiger partial charge in [-0.2, -0.15) is 10.2 Å². The molecule has 16 nitrogen and oxygen atoms in total. The van der Waals surface area contributed by atoms with E-state index in [0.29, 0.717) is 23.4 Å². The molecule has 10 rings (SSSR count). The molecular formula is C50H52N12O4. The van der Waals surface area contributed by atoms with Crippen molar-refractivity contribution in [3.8, 4) is 23.1 Å². The zero-order valence-corrected chi connectivity index (χ0v) is 37.4. The van der Waals surface area contributed by atoms with Crippen LogP contribution in [0.1, 0.15) is 106 Å². The van der Waals surface area contributed by atoms with Gasteiger partial charge in [0.1, 0.15) is 23.0 Å². The average molecular weight is 885 g/mol. The molecule has 6 aromatic heterocycles. The van der Waals surface area contributed by atoms with E-state index in [4.69, 9.17) is 29.6 Å². The summed E-state index contributed by atoms with van der Waals surface area (Å²) < 4.78 is 18.8. The molecule has 0 bridgehead atoms. The highest BCUT2D eigenvalue weighted by molar-refractivity contribution is 5.67. The molecule has 0 radical (unpaired) electrons. The monoisotopic (exact) mass is 884 g/mol. The zero-order valence-electron chi connectivity index (χ0n) is 37.4. The molecule has 16 heteroatoms. The van der Waals surface area contributed by atoms with Gasteiger partial charge in [0.05, 0.1) is 62.9 Å². The first kappa shape index (κ1) is 43.7. The van der Waals surface area contributed by atoms with E-state index in [0.717, 1.165) is 107 Å². The van der Waals surface area contributed by atoms with Crippen LogP contribution in [0.5, 0.6) is 11.8 Å². The van der Waals surface area contributed by atoms with Crippen LogP contribution in [0.3, 0.4) is 0 Å². The molecule has 8 aromatic rings. The summed E-state index contributed by atoms with van der Waals surface area (Å²) in [6, 6.07) is 23.8. The summed E-state index contributed by atoms with van der Waals surface area (Å²) in [6.45, 7) is 5.62. The van der Waals surface area contributed by atoms with Crippen LogP contribution in [0.15, 0.2) is 97.8 Å². The topological polar surface area (TPSA) is 182 Å². The van der Waals surface area contributed by atoms with Gasteiger partial charge in [0.2, 0.25) is 11.8 Å². The molecule has 0 aliphatic carbocycles. The lowest BCUT2D eigenvalue weighted by molar-refractivity contribution is 0.279. The van der Waals surface area contributed by atoms with Gasteiger partial charge >= 0.3 is 0 Å². The molecule has 0 fully saturated rings. The van der Waals surface area contributed by atoms with E-state index in [1.807, 2.05) is 130 Å². The Morgan fingerprint density at radius 1 is 0.576 bits per heavy atom. The second kappa shape index (κ2) is 19.7. The molecule has 2 aromatic carbocycles. The van der Waals surface area contributed by atoms with Gasteiger partial charge in [-0.25, -0.2) is 39.3 Å². The van der Waals surface area contributed by atoms with Gasteiger partial charge in [-0.15, -0.1) is 0 Å². The lowest BCUT2D eigenvalue weighted by Crippen LogP contribution is -2.19. The highest BCUT2D eigenvalue weighted by Crippen LogP contribution is 2.36. The van der Waals surface area contributed by atoms with Crippen LogP contribution in [0.4, 0.5) is 0 Å². The quantitative estimate of drug-likeness (QED) is 0.123. The van der Waals surface area contributed by atoms with Crippen molar-refractivity contribution < 1.29 is 19.7 Å². The Morgan fingerprint density at radius 2 is 1.02 bits per heavy atom. The smallest absolute Gasteiger partial charge is 0.238 e. The fourth-order valence-electron chi connectivity index (χ4n) is 8.70. The van der Waals surface area contributed by atoms with Crippen LogP contribution >= 0.6 is 0 Å². The van der Waals surface area contributed by atoms with Crippen molar-refractivity contribution >= 4 is 24.3 Å². The minimum absolute atomic E-state index is 0.0235. The van der Waals surface area contributed by atoms with E-state index in [-0.39, 0.29) is 25.0 Å². The fraction of sp³-hybridized carbons (Fsp3) is 0.280. The molecule has 2 atom stereocenters. The first-order chi connectivity index (χ1) is 32.3. The predicted octanol–water partition coefficient (Wildman–Crippen LogP) is 7.53. The molecule has 2 aliphatic rings. The maximum absolute atomic E-state index is 9.77. The summed E-state index contributed by atoms with van der Waals surface area (Å²) in [5.74, 6) is 4.48. The average Bonchev–Trinajstić information content (AvgIpc) is 4.19. The van der Waals surface area contributed by atoms with Gasteiger partial charge in [-0.05, 0) is 110 Å². The number of methoxy groups -OCH3 is 2. The predicted molar refractivity (Wildman–Crippen MR) is 250 cm³/mol. The van der Waals surface area contributed by atoms with Gasteiger partial charge in [-0.3, -0.25) is 0 Å². The minimum atomic E-state index is 0.0235. The van der Waals surface area contributed by atoms with Gasteiger partial charge in [-0.1, -0.05) is 48.5 Å². The van der Waals surface area contributed by atoms with Crippen LogP contribution in [0.25, 0.3) is 35.7 Å². The molecule has 2 aliphatic heterocycles. The SMILES string of the molecule is COc1nc(/C=C/c2nc3n(n2)CCC[C@@H]3c2ccccc2CO)ccc1-n1cnc(C)c1.COc1nc(/C=C/c2nc3n(n2)CCC[C@H]3c2ccccc2CO)ccc1-n1cnc(C)c1. The second-order valence-electron chi connectivity index (χ2n) is 16.2. The van der Waals surface area contributed by atoms with Gasteiger partial charge in [0.25, 0.3) is 0 Å². The Labute approximate surface area is 382 Å². The highest BCUT2D eigenvalue weighted by Gasteiger charge is 2.28. The van der Waals surface area contributed by atoms with Crippen molar-refractivity contribution in [2.75, 3.05) is 14.2 Å². The molecule has 0 unspecified atom stereocenters. The van der Waals surface area contributed by atoms with Crippen molar-refractivity contribution in [1.29, 1.82) is 0 Å². The molecule has 336 valence electrons. The molecule has 0 spiro atoms. The number of benzene rings is 2. The summed E-state index contributed by atoms with van der Waals surface area (Å²) in [6.07, 6.45) is 18.9. The maximum Gasteiger partial charge on any atom is 0.238 e. The van der Waals surface area contributed by atoms with Crippen molar-refractivity contribution in [2.45, 2.75) is 77.7 Å². The van der Waals surface area contributed by atoms with Gasteiger partial charge < -0.3 is 28.8 Å². The number of aliphatic hydroxyl groups excluding tert-OH is 2. The first-order valence-electron chi connectivity index (χ1n) is 22.1. The van der Waals surface area contributed by atoms with E-state index in [9.17, 15) is 10.2 Å². The van der Waals surface area contributed by atoms with Crippen LogP contribution in [-0.4, -0.2) is 83.0 Å². The lowest BCUT2D eigenvalue weighted by Gasteiger charge is -2.24. The van der Waals surface area contributed by atoms with Crippen molar-refractivity contribution in [3.63, 3.8) is 0 Å². The number of aromatic nitrogens is 12. The Bertz CT molecular complexity index is 2810. The van der Waals surface area contributed by atoms with Gasteiger partial charge in [0, 0.05) is 37.3 Å². The molecule has 0 amide bonds. The number of nitrogens with zero attached hydrogens (tertiary/aromatic N) is 12. The van der Waals surface area contributed by atoms with Crippen LogP contribution in [0.2, 0.25) is 0 Å². The normalized spacial score (nSPS) is 15.7. The number of aliphatic hydroxyl groups is 2. The Kier molecular flexibility index (Phi) is 13.0. The third kappa shape index (κ3) is 9.32. The highest BCUT2D eigenvalue weighted by atomic mass is 16.5. The zero-order chi connectivity index (χ0) is 45.6. The molecular weight excluding hydrogens is 833 g/mol. The van der Waals surface area contributed by atoms with Crippen LogP contribution in [0, 0.1) is 13.8 Å². The Morgan fingerprint density at radius 3 is 1.41 bits per heavy atom. The van der Waals surface area contributed by atoms with E-state index in [1.165, 1.54) is 0 Å². The van der Waals surface area contributed by atoms with E-state index in [1.54, 1.807) is 26.9 Å².